The van der Waals surface area contributed by atoms with Gasteiger partial charge in [0.25, 0.3) is 0 Å². The number of benzene rings is 1. The molecule has 0 atom stereocenters. The van der Waals surface area contributed by atoms with E-state index in [1.165, 1.54) is 6.07 Å². The number of hydrogen-bond donors (Lipinski definition) is 1. The summed E-state index contributed by atoms with van der Waals surface area (Å²) in [5.74, 6) is -0.235. The number of nitrogens with zero attached hydrogens (tertiary/aromatic N) is 1. The van der Waals surface area contributed by atoms with E-state index in [2.05, 4.69) is 5.16 Å². The molecule has 0 aliphatic rings. The standard InChI is InChI=1S/C12H13Cl2NO4/c1-3-18-10(16)6-19-9-5-4-8(7(2)15-17)11(13)12(9)14/h4-5,17H,3,6H2,1-2H3. The highest BCUT2D eigenvalue weighted by Gasteiger charge is 2.14. The van der Waals surface area contributed by atoms with Crippen LogP contribution in [0.1, 0.15) is 19.4 Å². The number of esters is 1. The van der Waals surface area contributed by atoms with Crippen LogP contribution in [0.3, 0.4) is 0 Å². The topological polar surface area (TPSA) is 68.1 Å². The lowest BCUT2D eigenvalue weighted by molar-refractivity contribution is -0.145. The van der Waals surface area contributed by atoms with Gasteiger partial charge in [0.15, 0.2) is 6.61 Å². The highest BCUT2D eigenvalue weighted by molar-refractivity contribution is 6.44. The van der Waals surface area contributed by atoms with E-state index in [4.69, 9.17) is 37.9 Å². The SMILES string of the molecule is CCOC(=O)COc1ccc(C(C)=NO)c(Cl)c1Cl. The molecular formula is C12H13Cl2NO4. The van der Waals surface area contributed by atoms with Crippen molar-refractivity contribution < 1.29 is 19.5 Å². The normalized spacial score (nSPS) is 11.3. The van der Waals surface area contributed by atoms with E-state index in [0.29, 0.717) is 11.3 Å². The largest absolute Gasteiger partial charge is 0.480 e. The predicted octanol–water partition coefficient (Wildman–Crippen LogP) is 3.13. The number of halogens is 2. The second-order valence-corrected chi connectivity index (χ2v) is 4.27. The van der Waals surface area contributed by atoms with Gasteiger partial charge in [-0.2, -0.15) is 0 Å². The molecule has 0 aromatic heterocycles. The summed E-state index contributed by atoms with van der Waals surface area (Å²) in [4.78, 5) is 11.2. The van der Waals surface area contributed by atoms with Gasteiger partial charge >= 0.3 is 5.97 Å². The molecule has 0 aliphatic carbocycles. The summed E-state index contributed by atoms with van der Waals surface area (Å²) in [7, 11) is 0. The first-order valence-electron chi connectivity index (χ1n) is 5.46. The van der Waals surface area contributed by atoms with Gasteiger partial charge in [-0.25, -0.2) is 4.79 Å². The van der Waals surface area contributed by atoms with E-state index in [1.54, 1.807) is 19.9 Å². The molecule has 0 spiro atoms. The smallest absolute Gasteiger partial charge is 0.344 e. The molecule has 0 saturated heterocycles. The number of ether oxygens (including phenoxy) is 2. The lowest BCUT2D eigenvalue weighted by Gasteiger charge is -2.11. The summed E-state index contributed by atoms with van der Waals surface area (Å²) in [6.45, 7) is 3.31. The first kappa shape index (κ1) is 15.6. The Kier molecular flexibility index (Phi) is 5.92. The Hall–Kier alpha value is -1.46. The van der Waals surface area contributed by atoms with Crippen molar-refractivity contribution in [2.45, 2.75) is 13.8 Å². The van der Waals surface area contributed by atoms with Crippen LogP contribution in [0, 0.1) is 0 Å². The molecule has 1 aromatic carbocycles. The Labute approximate surface area is 120 Å². The van der Waals surface area contributed by atoms with Crippen molar-refractivity contribution in [1.29, 1.82) is 0 Å². The molecule has 0 unspecified atom stereocenters. The van der Waals surface area contributed by atoms with E-state index < -0.39 is 5.97 Å². The van der Waals surface area contributed by atoms with Crippen molar-refractivity contribution >= 4 is 34.9 Å². The quantitative estimate of drug-likeness (QED) is 0.393. The fourth-order valence-electron chi connectivity index (χ4n) is 1.32. The van der Waals surface area contributed by atoms with Gasteiger partial charge < -0.3 is 14.7 Å². The van der Waals surface area contributed by atoms with Crippen LogP contribution in [0.5, 0.6) is 5.75 Å². The van der Waals surface area contributed by atoms with Crippen LogP contribution in [-0.2, 0) is 9.53 Å². The minimum absolute atomic E-state index is 0.145. The van der Waals surface area contributed by atoms with E-state index in [0.717, 1.165) is 0 Å². The van der Waals surface area contributed by atoms with Gasteiger partial charge in [-0.1, -0.05) is 28.4 Å². The zero-order valence-corrected chi connectivity index (χ0v) is 12.0. The molecule has 0 bridgehead atoms. The van der Waals surface area contributed by atoms with Crippen molar-refractivity contribution in [2.75, 3.05) is 13.2 Å². The maximum atomic E-state index is 11.2. The molecule has 1 aromatic rings. The van der Waals surface area contributed by atoms with Gasteiger partial charge in [0, 0.05) is 5.56 Å². The zero-order valence-electron chi connectivity index (χ0n) is 10.4. The molecule has 5 nitrogen and oxygen atoms in total. The maximum absolute atomic E-state index is 11.2. The Morgan fingerprint density at radius 1 is 1.37 bits per heavy atom. The van der Waals surface area contributed by atoms with E-state index >= 15 is 0 Å². The number of carbonyl (C=O) groups is 1. The number of oxime groups is 1. The molecule has 1 rings (SSSR count). The molecule has 7 heteroatoms. The van der Waals surface area contributed by atoms with Crippen LogP contribution in [0.15, 0.2) is 17.3 Å². The minimum atomic E-state index is -0.494. The molecule has 1 N–H and O–H groups in total. The van der Waals surface area contributed by atoms with Gasteiger partial charge in [0.1, 0.15) is 10.8 Å². The minimum Gasteiger partial charge on any atom is -0.480 e. The van der Waals surface area contributed by atoms with E-state index in [-0.39, 0.29) is 29.0 Å². The summed E-state index contributed by atoms with van der Waals surface area (Å²) in [5, 5.41) is 12.1. The van der Waals surface area contributed by atoms with Gasteiger partial charge in [-0.15, -0.1) is 0 Å². The lowest BCUT2D eigenvalue weighted by Crippen LogP contribution is -2.14. The van der Waals surface area contributed by atoms with Gasteiger partial charge in [-0.3, -0.25) is 0 Å². The summed E-state index contributed by atoms with van der Waals surface area (Å²) in [6, 6.07) is 3.13. The summed E-state index contributed by atoms with van der Waals surface area (Å²) >= 11 is 12.0. The summed E-state index contributed by atoms with van der Waals surface area (Å²) < 4.78 is 9.93. The highest BCUT2D eigenvalue weighted by atomic mass is 35.5. The van der Waals surface area contributed by atoms with Crippen LogP contribution in [0.4, 0.5) is 0 Å². The van der Waals surface area contributed by atoms with E-state index in [9.17, 15) is 4.79 Å². The average molecular weight is 306 g/mol. The molecule has 0 saturated carbocycles. The Bertz CT molecular complexity index is 503. The Morgan fingerprint density at radius 2 is 2.05 bits per heavy atom. The van der Waals surface area contributed by atoms with E-state index in [1.807, 2.05) is 0 Å². The van der Waals surface area contributed by atoms with Crippen LogP contribution in [-0.4, -0.2) is 30.1 Å². The van der Waals surface area contributed by atoms with Crippen LogP contribution < -0.4 is 4.74 Å². The average Bonchev–Trinajstić information content (AvgIpc) is 2.40. The molecule has 0 radical (unpaired) electrons. The fourth-order valence-corrected chi connectivity index (χ4v) is 1.83. The van der Waals surface area contributed by atoms with Crippen molar-refractivity contribution in [2.24, 2.45) is 5.16 Å². The molecule has 0 fully saturated rings. The second-order valence-electron chi connectivity index (χ2n) is 3.52. The van der Waals surface area contributed by atoms with Crippen LogP contribution in [0.2, 0.25) is 10.0 Å². The van der Waals surface area contributed by atoms with Crippen molar-refractivity contribution in [3.8, 4) is 5.75 Å². The highest BCUT2D eigenvalue weighted by Crippen LogP contribution is 2.35. The lowest BCUT2D eigenvalue weighted by atomic mass is 10.1. The van der Waals surface area contributed by atoms with Gasteiger partial charge in [-0.05, 0) is 26.0 Å². The Balaban J connectivity index is 2.88. The first-order valence-corrected chi connectivity index (χ1v) is 6.22. The summed E-state index contributed by atoms with van der Waals surface area (Å²) in [5.41, 5.74) is 0.807. The van der Waals surface area contributed by atoms with Crippen molar-refractivity contribution in [3.63, 3.8) is 0 Å². The van der Waals surface area contributed by atoms with Crippen molar-refractivity contribution in [1.82, 2.24) is 0 Å². The Morgan fingerprint density at radius 3 is 2.63 bits per heavy atom. The fraction of sp³-hybridized carbons (Fsp3) is 0.333. The predicted molar refractivity (Wildman–Crippen MR) is 72.6 cm³/mol. The summed E-state index contributed by atoms with van der Waals surface area (Å²) in [6.07, 6.45) is 0. The second kappa shape index (κ2) is 7.21. The molecule has 0 aliphatic heterocycles. The van der Waals surface area contributed by atoms with Crippen molar-refractivity contribution in [3.05, 3.63) is 27.7 Å². The number of carbonyl (C=O) groups excluding carboxylic acids is 1. The van der Waals surface area contributed by atoms with Crippen LogP contribution >= 0.6 is 23.2 Å². The third-order valence-electron chi connectivity index (χ3n) is 2.24. The maximum Gasteiger partial charge on any atom is 0.344 e. The number of rotatable bonds is 5. The molecule has 0 amide bonds. The monoisotopic (exact) mass is 305 g/mol. The third kappa shape index (κ3) is 4.01. The molecule has 0 heterocycles. The first-order chi connectivity index (χ1) is 9.01. The third-order valence-corrected chi connectivity index (χ3v) is 3.10. The zero-order chi connectivity index (χ0) is 14.4. The van der Waals surface area contributed by atoms with Crippen LogP contribution in [0.25, 0.3) is 0 Å². The molecule has 19 heavy (non-hydrogen) atoms. The van der Waals surface area contributed by atoms with Gasteiger partial charge in [0.2, 0.25) is 0 Å². The number of hydrogen-bond acceptors (Lipinski definition) is 5. The molecular weight excluding hydrogens is 293 g/mol. The molecule has 104 valence electrons. The van der Waals surface area contributed by atoms with Gasteiger partial charge in [0.05, 0.1) is 17.3 Å².